The predicted molar refractivity (Wildman–Crippen MR) is 106 cm³/mol. The summed E-state index contributed by atoms with van der Waals surface area (Å²) in [5.74, 6) is -125. The monoisotopic (exact) mass is 914 g/mol. The lowest BCUT2D eigenvalue weighted by Crippen LogP contribution is -2.74. The van der Waals surface area contributed by atoms with E-state index in [4.69, 9.17) is 0 Å². The fourth-order valence-electron chi connectivity index (χ4n) is 3.60. The van der Waals surface area contributed by atoms with Crippen molar-refractivity contribution in [3.05, 3.63) is 35.4 Å². The molecule has 1 aromatic rings. The van der Waals surface area contributed by atoms with E-state index in [9.17, 15) is 149 Å². The average molecular weight is 914 g/mol. The Hall–Kier alpha value is -3.16. The second-order valence-electron chi connectivity index (χ2n) is 10.6. The summed E-state index contributed by atoms with van der Waals surface area (Å²) in [6.07, 6.45) is -16.4. The van der Waals surface area contributed by atoms with Crippen LogP contribution >= 0.6 is 0 Å². The highest BCUT2D eigenvalue weighted by Gasteiger charge is 2.97. The van der Waals surface area contributed by atoms with Gasteiger partial charge in [0.25, 0.3) is 0 Å². The highest BCUT2D eigenvalue weighted by molar-refractivity contribution is 5.35. The standard InChI is InChI=1S/C22H4F34/c23-7(24,9(27,28)11(31,32)13(35,36)15(39,40)17(43,44)19(47,48)21(51,52)53)5-2-1-3-6(4-5)8(25,26)10(29,30)12(33,34)14(37,38)16(41,42)18(45,46)20(49,50)22(54,55)56/h1-4H. The van der Waals surface area contributed by atoms with Gasteiger partial charge in [-0.2, -0.15) is 149 Å². The molecule has 0 unspecified atom stereocenters. The molecule has 1 rings (SSSR count). The minimum atomic E-state index is -9.34. The van der Waals surface area contributed by atoms with Gasteiger partial charge in [-0.15, -0.1) is 0 Å². The number of rotatable bonds is 14. The van der Waals surface area contributed by atoms with Crippen molar-refractivity contribution >= 4 is 0 Å². The van der Waals surface area contributed by atoms with Crippen LogP contribution in [0.4, 0.5) is 149 Å². The lowest BCUT2D eigenvalue weighted by Gasteiger charge is -2.43. The van der Waals surface area contributed by atoms with E-state index in [1.165, 1.54) is 0 Å². The van der Waals surface area contributed by atoms with Crippen molar-refractivity contribution in [1.82, 2.24) is 0 Å². The van der Waals surface area contributed by atoms with Gasteiger partial charge in [-0.05, 0) is 6.07 Å². The topological polar surface area (TPSA) is 0 Å². The summed E-state index contributed by atoms with van der Waals surface area (Å²) >= 11 is 0. The Labute approximate surface area is 281 Å². The van der Waals surface area contributed by atoms with Gasteiger partial charge >= 0.3 is 95.3 Å². The molecule has 0 N–H and O–H groups in total. The minimum absolute atomic E-state index is 1.11. The molecule has 0 bridgehead atoms. The number of alkyl halides is 34. The van der Waals surface area contributed by atoms with E-state index in [0.717, 1.165) is 0 Å². The Kier molecular flexibility index (Phi) is 11.5. The zero-order valence-corrected chi connectivity index (χ0v) is 24.2. The van der Waals surface area contributed by atoms with E-state index in [0.29, 0.717) is 0 Å². The van der Waals surface area contributed by atoms with Crippen LogP contribution in [0, 0.1) is 0 Å². The molecule has 0 radical (unpaired) electrons. The fourth-order valence-corrected chi connectivity index (χ4v) is 3.60. The van der Waals surface area contributed by atoms with Crippen LogP contribution in [-0.4, -0.2) is 83.4 Å². The van der Waals surface area contributed by atoms with E-state index in [1.807, 2.05) is 0 Å². The lowest BCUT2D eigenvalue weighted by molar-refractivity contribution is -0.463. The summed E-state index contributed by atoms with van der Waals surface area (Å²) < 4.78 is 458. The van der Waals surface area contributed by atoms with Crippen LogP contribution < -0.4 is 0 Å². The molecule has 0 aromatic heterocycles. The van der Waals surface area contributed by atoms with Crippen LogP contribution in [0.5, 0.6) is 0 Å². The molecule has 0 heterocycles. The first-order valence-corrected chi connectivity index (χ1v) is 12.2. The maximum Gasteiger partial charge on any atom is 0.460 e. The zero-order valence-electron chi connectivity index (χ0n) is 24.2. The normalized spacial score (nSPS) is 16.8. The summed E-state index contributed by atoms with van der Waals surface area (Å²) in [7, 11) is 0. The second-order valence-corrected chi connectivity index (χ2v) is 10.6. The Morgan fingerprint density at radius 3 is 0.554 bits per heavy atom. The molecule has 0 nitrogen and oxygen atoms in total. The molecule has 0 aliphatic heterocycles. The van der Waals surface area contributed by atoms with Gasteiger partial charge in [0, 0.05) is 11.1 Å². The molecule has 0 atom stereocenters. The van der Waals surface area contributed by atoms with Crippen LogP contribution in [0.2, 0.25) is 0 Å². The number of hydrogen-bond donors (Lipinski definition) is 0. The van der Waals surface area contributed by atoms with Gasteiger partial charge in [0.1, 0.15) is 0 Å². The second kappa shape index (κ2) is 12.7. The number of hydrogen-bond acceptors (Lipinski definition) is 0. The molecule has 330 valence electrons. The summed E-state index contributed by atoms with van der Waals surface area (Å²) in [6.45, 7) is 0. The van der Waals surface area contributed by atoms with E-state index >= 15 is 0 Å². The molecule has 34 heteroatoms. The van der Waals surface area contributed by atoms with Crippen molar-refractivity contribution in [1.29, 1.82) is 0 Å². The summed E-state index contributed by atoms with van der Waals surface area (Å²) in [5, 5.41) is 0. The van der Waals surface area contributed by atoms with Gasteiger partial charge in [-0.25, -0.2) is 0 Å². The summed E-state index contributed by atoms with van der Waals surface area (Å²) in [5.41, 5.74) is -7.89. The summed E-state index contributed by atoms with van der Waals surface area (Å²) in [4.78, 5) is 0. The minimum Gasteiger partial charge on any atom is -0.194 e. The molecule has 0 aliphatic carbocycles. The smallest absolute Gasteiger partial charge is 0.194 e. The van der Waals surface area contributed by atoms with Crippen molar-refractivity contribution in [3.63, 3.8) is 0 Å². The Bertz CT molecular complexity index is 1470. The first-order valence-electron chi connectivity index (χ1n) is 12.2. The molecule has 0 amide bonds. The van der Waals surface area contributed by atoms with Gasteiger partial charge in [-0.1, -0.05) is 18.2 Å². The van der Waals surface area contributed by atoms with Gasteiger partial charge in [0.2, 0.25) is 0 Å². The van der Waals surface area contributed by atoms with Crippen LogP contribution in [0.3, 0.4) is 0 Å². The fraction of sp³-hybridized carbons (Fsp3) is 0.727. The highest BCUT2D eigenvalue weighted by Crippen LogP contribution is 2.67. The van der Waals surface area contributed by atoms with Crippen molar-refractivity contribution in [2.45, 2.75) is 95.3 Å². The SMILES string of the molecule is FC(F)(F)C(F)(F)C(F)(F)C(F)(F)C(F)(F)C(F)(F)C(F)(F)C(F)(F)c1cccc(C(F)(F)C(F)(F)C(F)(F)C(F)(F)C(F)(F)C(F)(F)C(F)(F)C(F)(F)F)c1. The third-order valence-corrected chi connectivity index (χ3v) is 7.03. The maximum absolute atomic E-state index is 14.5. The van der Waals surface area contributed by atoms with Crippen LogP contribution in [-0.2, 0) is 11.8 Å². The Morgan fingerprint density at radius 1 is 0.214 bits per heavy atom. The van der Waals surface area contributed by atoms with Crippen molar-refractivity contribution < 1.29 is 149 Å². The molecule has 0 fully saturated rings. The van der Waals surface area contributed by atoms with Crippen LogP contribution in [0.1, 0.15) is 11.1 Å². The molecule has 0 saturated carbocycles. The quantitative estimate of drug-likeness (QED) is 0.163. The molecule has 1 aromatic carbocycles. The third-order valence-electron chi connectivity index (χ3n) is 7.03. The van der Waals surface area contributed by atoms with Crippen molar-refractivity contribution in [2.75, 3.05) is 0 Å². The van der Waals surface area contributed by atoms with Crippen molar-refractivity contribution in [2.24, 2.45) is 0 Å². The van der Waals surface area contributed by atoms with Crippen molar-refractivity contribution in [3.8, 4) is 0 Å². The molecular weight excluding hydrogens is 910 g/mol. The molecule has 56 heavy (non-hydrogen) atoms. The van der Waals surface area contributed by atoms with E-state index in [-0.39, 0.29) is 0 Å². The van der Waals surface area contributed by atoms with E-state index in [2.05, 4.69) is 0 Å². The lowest BCUT2D eigenvalue weighted by atomic mass is 9.85. The van der Waals surface area contributed by atoms with Gasteiger partial charge in [0.15, 0.2) is 0 Å². The maximum atomic E-state index is 14.5. The number of benzene rings is 1. The predicted octanol–water partition coefficient (Wildman–Crippen LogP) is 12.6. The first-order chi connectivity index (χ1) is 23.7. The molecule has 0 saturated heterocycles. The molecule has 0 spiro atoms. The first kappa shape index (κ1) is 50.9. The Balaban J connectivity index is 4.01. The van der Waals surface area contributed by atoms with Gasteiger partial charge < -0.3 is 0 Å². The van der Waals surface area contributed by atoms with E-state index < -0.39 is 131 Å². The van der Waals surface area contributed by atoms with Crippen LogP contribution in [0.25, 0.3) is 0 Å². The molecular formula is C22H4F34. The highest BCUT2D eigenvalue weighted by atomic mass is 19.4. The molecule has 0 aliphatic rings. The van der Waals surface area contributed by atoms with Gasteiger partial charge in [-0.3, -0.25) is 0 Å². The van der Waals surface area contributed by atoms with E-state index in [1.54, 1.807) is 0 Å². The number of halogens is 34. The largest absolute Gasteiger partial charge is 0.460 e. The van der Waals surface area contributed by atoms with Crippen LogP contribution in [0.15, 0.2) is 24.3 Å². The average Bonchev–Trinajstić information content (AvgIpc) is 2.98. The third kappa shape index (κ3) is 6.02. The zero-order chi connectivity index (χ0) is 46.0. The van der Waals surface area contributed by atoms with Gasteiger partial charge in [0.05, 0.1) is 0 Å². The summed E-state index contributed by atoms with van der Waals surface area (Å²) in [6, 6.07) is -5.92. The Morgan fingerprint density at radius 2 is 0.375 bits per heavy atom.